The van der Waals surface area contributed by atoms with Crippen molar-refractivity contribution in [3.8, 4) is 0 Å². The monoisotopic (exact) mass is 233 g/mol. The molecule has 5 heteroatoms. The van der Waals surface area contributed by atoms with E-state index in [1.54, 1.807) is 7.11 Å². The molecule has 17 heavy (non-hydrogen) atoms. The van der Waals surface area contributed by atoms with Gasteiger partial charge in [0.15, 0.2) is 5.82 Å². The molecule has 0 saturated heterocycles. The van der Waals surface area contributed by atoms with Gasteiger partial charge in [-0.1, -0.05) is 35.5 Å². The third kappa shape index (κ3) is 2.51. The average molecular weight is 233 g/mol. The molecule has 1 aromatic carbocycles. The van der Waals surface area contributed by atoms with Gasteiger partial charge in [0.25, 0.3) is 0 Å². The lowest BCUT2D eigenvalue weighted by molar-refractivity contribution is 0.109. The first kappa shape index (κ1) is 11.8. The van der Waals surface area contributed by atoms with Crippen LogP contribution >= 0.6 is 0 Å². The third-order valence-electron chi connectivity index (χ3n) is 2.60. The van der Waals surface area contributed by atoms with Crippen LogP contribution in [0.5, 0.6) is 0 Å². The van der Waals surface area contributed by atoms with Crippen molar-refractivity contribution in [2.45, 2.75) is 19.1 Å². The number of hydrogen-bond donors (Lipinski definition) is 1. The molecule has 5 nitrogen and oxygen atoms in total. The summed E-state index contributed by atoms with van der Waals surface area (Å²) in [5.41, 5.74) is 6.97. The Bertz CT molecular complexity index is 470. The molecule has 2 atom stereocenters. The van der Waals surface area contributed by atoms with Gasteiger partial charge in [-0.15, -0.1) is 0 Å². The molecule has 0 aliphatic rings. The van der Waals surface area contributed by atoms with Crippen molar-refractivity contribution < 1.29 is 9.26 Å². The van der Waals surface area contributed by atoms with Gasteiger partial charge in [0.2, 0.25) is 5.89 Å². The highest BCUT2D eigenvalue weighted by Gasteiger charge is 2.19. The number of aromatic nitrogens is 2. The summed E-state index contributed by atoms with van der Waals surface area (Å²) < 4.78 is 10.2. The van der Waals surface area contributed by atoms with E-state index in [9.17, 15) is 0 Å². The second-order valence-electron chi connectivity index (χ2n) is 3.76. The van der Waals surface area contributed by atoms with Gasteiger partial charge in [-0.3, -0.25) is 0 Å². The minimum Gasteiger partial charge on any atom is -0.374 e. The second-order valence-corrected chi connectivity index (χ2v) is 3.76. The molecular formula is C12H15N3O2. The van der Waals surface area contributed by atoms with E-state index in [-0.39, 0.29) is 6.10 Å². The van der Waals surface area contributed by atoms with Crippen molar-refractivity contribution >= 4 is 0 Å². The maximum Gasteiger partial charge on any atom is 0.248 e. The fourth-order valence-electron chi connectivity index (χ4n) is 1.45. The molecule has 1 heterocycles. The Labute approximate surface area is 99.6 Å². The summed E-state index contributed by atoms with van der Waals surface area (Å²) in [6, 6.07) is 9.22. The lowest BCUT2D eigenvalue weighted by Gasteiger charge is -2.06. The Morgan fingerprint density at radius 2 is 2.00 bits per heavy atom. The minimum absolute atomic E-state index is 0.199. The summed E-state index contributed by atoms with van der Waals surface area (Å²) in [5, 5.41) is 3.84. The lowest BCUT2D eigenvalue weighted by atomic mass is 10.1. The highest BCUT2D eigenvalue weighted by atomic mass is 16.5. The van der Waals surface area contributed by atoms with E-state index in [1.807, 2.05) is 37.3 Å². The highest BCUT2D eigenvalue weighted by Crippen LogP contribution is 2.19. The van der Waals surface area contributed by atoms with Gasteiger partial charge >= 0.3 is 0 Å². The highest BCUT2D eigenvalue weighted by molar-refractivity contribution is 5.23. The van der Waals surface area contributed by atoms with Crippen LogP contribution in [-0.2, 0) is 4.74 Å². The Kier molecular flexibility index (Phi) is 3.51. The molecule has 0 saturated carbocycles. The van der Waals surface area contributed by atoms with Crippen molar-refractivity contribution in [3.63, 3.8) is 0 Å². The molecule has 2 N–H and O–H groups in total. The van der Waals surface area contributed by atoms with Gasteiger partial charge in [-0.25, -0.2) is 0 Å². The topological polar surface area (TPSA) is 74.2 Å². The number of hydrogen-bond acceptors (Lipinski definition) is 5. The molecule has 2 rings (SSSR count). The Balaban J connectivity index is 2.20. The summed E-state index contributed by atoms with van der Waals surface area (Å²) >= 11 is 0. The van der Waals surface area contributed by atoms with Crippen LogP contribution in [-0.4, -0.2) is 17.3 Å². The van der Waals surface area contributed by atoms with Gasteiger partial charge in [-0.05, 0) is 12.5 Å². The number of rotatable bonds is 4. The largest absolute Gasteiger partial charge is 0.374 e. The smallest absolute Gasteiger partial charge is 0.248 e. The maximum atomic E-state index is 6.03. The van der Waals surface area contributed by atoms with Crippen molar-refractivity contribution in [2.24, 2.45) is 5.73 Å². The first-order chi connectivity index (χ1) is 8.22. The molecule has 0 spiro atoms. The van der Waals surface area contributed by atoms with Gasteiger partial charge < -0.3 is 15.0 Å². The predicted octanol–water partition coefficient (Wildman–Crippen LogP) is 1.83. The quantitative estimate of drug-likeness (QED) is 0.871. The lowest BCUT2D eigenvalue weighted by Crippen LogP contribution is -2.12. The molecule has 0 fully saturated rings. The zero-order valence-electron chi connectivity index (χ0n) is 9.83. The van der Waals surface area contributed by atoms with E-state index < -0.39 is 6.04 Å². The van der Waals surface area contributed by atoms with Crippen molar-refractivity contribution in [3.05, 3.63) is 47.6 Å². The summed E-state index contributed by atoms with van der Waals surface area (Å²) in [4.78, 5) is 4.23. The zero-order chi connectivity index (χ0) is 12.3. The number of methoxy groups -OCH3 is 1. The zero-order valence-corrected chi connectivity index (χ0v) is 9.83. The van der Waals surface area contributed by atoms with E-state index in [0.29, 0.717) is 11.7 Å². The van der Waals surface area contributed by atoms with Crippen molar-refractivity contribution in [2.75, 3.05) is 7.11 Å². The molecule has 0 aliphatic carbocycles. The first-order valence-corrected chi connectivity index (χ1v) is 5.39. The van der Waals surface area contributed by atoms with Crippen molar-refractivity contribution in [1.29, 1.82) is 0 Å². The van der Waals surface area contributed by atoms with Crippen LogP contribution in [0.4, 0.5) is 0 Å². The van der Waals surface area contributed by atoms with Gasteiger partial charge in [0, 0.05) is 7.11 Å². The van der Waals surface area contributed by atoms with Crippen LogP contribution in [0.3, 0.4) is 0 Å². The van der Waals surface area contributed by atoms with Crippen LogP contribution < -0.4 is 5.73 Å². The van der Waals surface area contributed by atoms with E-state index in [0.717, 1.165) is 5.56 Å². The molecule has 0 aliphatic heterocycles. The molecule has 0 amide bonds. The molecule has 0 radical (unpaired) electrons. The normalized spacial score (nSPS) is 14.5. The minimum atomic E-state index is -0.401. The summed E-state index contributed by atoms with van der Waals surface area (Å²) in [6.07, 6.45) is -0.199. The van der Waals surface area contributed by atoms with Gasteiger partial charge in [0.1, 0.15) is 12.1 Å². The fourth-order valence-corrected chi connectivity index (χ4v) is 1.45. The molecule has 0 bridgehead atoms. The van der Waals surface area contributed by atoms with E-state index in [2.05, 4.69) is 10.1 Å². The number of nitrogens with two attached hydrogens (primary N) is 1. The molecule has 1 aromatic heterocycles. The fraction of sp³-hybridized carbons (Fsp3) is 0.333. The molecule has 90 valence electrons. The standard InChI is InChI=1S/C12H15N3O2/c1-8(16-2)11-14-12(17-15-11)10(13)9-6-4-3-5-7-9/h3-8,10H,13H2,1-2H3/t8?,10-/m1/s1. The Morgan fingerprint density at radius 3 is 2.65 bits per heavy atom. The van der Waals surface area contributed by atoms with Gasteiger partial charge in [0.05, 0.1) is 0 Å². The average Bonchev–Trinajstić information content (AvgIpc) is 2.87. The van der Waals surface area contributed by atoms with Crippen LogP contribution in [0.1, 0.15) is 36.3 Å². The molecular weight excluding hydrogens is 218 g/mol. The SMILES string of the molecule is COC(C)c1noc([C@H](N)c2ccccc2)n1. The number of benzene rings is 1. The van der Waals surface area contributed by atoms with Crippen molar-refractivity contribution in [1.82, 2.24) is 10.1 Å². The predicted molar refractivity (Wildman–Crippen MR) is 62.2 cm³/mol. The van der Waals surface area contributed by atoms with E-state index in [4.69, 9.17) is 15.0 Å². The third-order valence-corrected chi connectivity index (χ3v) is 2.60. The van der Waals surface area contributed by atoms with Crippen LogP contribution in [0, 0.1) is 0 Å². The second kappa shape index (κ2) is 5.07. The molecule has 1 unspecified atom stereocenters. The van der Waals surface area contributed by atoms with Crippen LogP contribution in [0.15, 0.2) is 34.9 Å². The summed E-state index contributed by atoms with van der Waals surface area (Å²) in [5.74, 6) is 0.906. The van der Waals surface area contributed by atoms with E-state index >= 15 is 0 Å². The van der Waals surface area contributed by atoms with Gasteiger partial charge in [-0.2, -0.15) is 4.98 Å². The summed E-state index contributed by atoms with van der Waals surface area (Å²) in [7, 11) is 1.60. The van der Waals surface area contributed by atoms with E-state index in [1.165, 1.54) is 0 Å². The number of nitrogens with zero attached hydrogens (tertiary/aromatic N) is 2. The molecule has 2 aromatic rings. The van der Waals surface area contributed by atoms with Crippen LogP contribution in [0.25, 0.3) is 0 Å². The number of ether oxygens (including phenoxy) is 1. The Morgan fingerprint density at radius 1 is 1.29 bits per heavy atom. The first-order valence-electron chi connectivity index (χ1n) is 5.39. The van der Waals surface area contributed by atoms with Crippen LogP contribution in [0.2, 0.25) is 0 Å². The maximum absolute atomic E-state index is 6.03. The Hall–Kier alpha value is -1.72. The summed E-state index contributed by atoms with van der Waals surface area (Å²) in [6.45, 7) is 1.85.